The molecule has 1 N–H and O–H groups in total. The number of imide groups is 1. The topological polar surface area (TPSA) is 71.4 Å². The average Bonchev–Trinajstić information content (AvgIpc) is 3.00. The lowest BCUT2D eigenvalue weighted by Crippen LogP contribution is -2.37. The van der Waals surface area contributed by atoms with Gasteiger partial charge in [0.05, 0.1) is 10.4 Å². The van der Waals surface area contributed by atoms with E-state index in [1.54, 1.807) is 28.8 Å². The first kappa shape index (κ1) is 13.2. The molecule has 20 heavy (non-hydrogen) atoms. The van der Waals surface area contributed by atoms with Crippen LogP contribution in [-0.4, -0.2) is 40.3 Å². The Labute approximate surface area is 120 Å². The van der Waals surface area contributed by atoms with Gasteiger partial charge in [-0.15, -0.1) is 0 Å². The van der Waals surface area contributed by atoms with Crippen molar-refractivity contribution in [1.82, 2.24) is 14.8 Å². The highest BCUT2D eigenvalue weighted by atomic mass is 35.5. The van der Waals surface area contributed by atoms with Gasteiger partial charge in [-0.3, -0.25) is 19.7 Å². The van der Waals surface area contributed by atoms with E-state index in [0.717, 1.165) is 0 Å². The van der Waals surface area contributed by atoms with Gasteiger partial charge < -0.3 is 9.47 Å². The van der Waals surface area contributed by atoms with Gasteiger partial charge in [-0.2, -0.15) is 0 Å². The Kier molecular flexibility index (Phi) is 2.86. The summed E-state index contributed by atoms with van der Waals surface area (Å²) < 4.78 is 1.66. The molecule has 1 spiro atoms. The summed E-state index contributed by atoms with van der Waals surface area (Å²) in [5.41, 5.74) is -0.251. The maximum Gasteiger partial charge on any atom is 0.270 e. The van der Waals surface area contributed by atoms with Crippen molar-refractivity contribution < 1.29 is 14.4 Å². The Morgan fingerprint density at radius 3 is 2.75 bits per heavy atom. The van der Waals surface area contributed by atoms with Crippen molar-refractivity contribution in [3.63, 3.8) is 0 Å². The maximum atomic E-state index is 12.4. The first-order valence-corrected chi connectivity index (χ1v) is 6.74. The van der Waals surface area contributed by atoms with Crippen LogP contribution in [0.2, 0.25) is 5.02 Å². The van der Waals surface area contributed by atoms with Gasteiger partial charge in [-0.25, -0.2) is 0 Å². The van der Waals surface area contributed by atoms with Crippen LogP contribution >= 0.6 is 11.6 Å². The van der Waals surface area contributed by atoms with E-state index in [2.05, 4.69) is 5.32 Å². The molecule has 0 aromatic carbocycles. The Bertz CT molecular complexity index is 624. The van der Waals surface area contributed by atoms with E-state index in [1.807, 2.05) is 0 Å². The van der Waals surface area contributed by atoms with Crippen LogP contribution in [0.15, 0.2) is 12.3 Å². The molecular formula is C13H14ClN3O3. The number of likely N-dealkylation sites (tertiary alicyclic amines) is 1. The van der Waals surface area contributed by atoms with Crippen LogP contribution in [0.25, 0.3) is 0 Å². The molecule has 0 radical (unpaired) electrons. The molecule has 1 aromatic heterocycles. The largest absolute Gasteiger partial charge is 0.345 e. The molecule has 106 valence electrons. The summed E-state index contributed by atoms with van der Waals surface area (Å²) in [7, 11) is 1.75. The number of aryl methyl sites for hydroxylation is 1. The minimum atomic E-state index is -0.734. The zero-order chi connectivity index (χ0) is 14.5. The van der Waals surface area contributed by atoms with E-state index in [4.69, 9.17) is 11.6 Å². The summed E-state index contributed by atoms with van der Waals surface area (Å²) in [6, 6.07) is 1.61. The number of halogens is 1. The molecule has 3 rings (SSSR count). The molecule has 0 saturated carbocycles. The van der Waals surface area contributed by atoms with Crippen LogP contribution < -0.4 is 5.32 Å². The second-order valence-electron chi connectivity index (χ2n) is 5.47. The van der Waals surface area contributed by atoms with Crippen molar-refractivity contribution >= 4 is 29.3 Å². The van der Waals surface area contributed by atoms with E-state index in [1.165, 1.54) is 0 Å². The number of amides is 3. The van der Waals surface area contributed by atoms with Crippen molar-refractivity contribution in [2.24, 2.45) is 12.5 Å². The van der Waals surface area contributed by atoms with Gasteiger partial charge in [0, 0.05) is 32.8 Å². The van der Waals surface area contributed by atoms with Gasteiger partial charge in [0.1, 0.15) is 5.69 Å². The number of nitrogens with zero attached hydrogens (tertiary/aromatic N) is 2. The molecule has 2 aliphatic rings. The minimum absolute atomic E-state index is 0.163. The van der Waals surface area contributed by atoms with Crippen LogP contribution in [-0.2, 0) is 16.6 Å². The minimum Gasteiger partial charge on any atom is -0.345 e. The third-order valence-corrected chi connectivity index (χ3v) is 4.27. The predicted molar refractivity (Wildman–Crippen MR) is 71.1 cm³/mol. The lowest BCUT2D eigenvalue weighted by atomic mass is 9.85. The van der Waals surface area contributed by atoms with Crippen LogP contribution in [0.3, 0.4) is 0 Å². The van der Waals surface area contributed by atoms with Crippen LogP contribution in [0.5, 0.6) is 0 Å². The molecule has 3 heterocycles. The molecule has 2 aliphatic heterocycles. The molecular weight excluding hydrogens is 282 g/mol. The summed E-state index contributed by atoms with van der Waals surface area (Å²) >= 11 is 5.88. The van der Waals surface area contributed by atoms with Gasteiger partial charge in [-0.05, 0) is 12.5 Å². The van der Waals surface area contributed by atoms with Crippen molar-refractivity contribution in [1.29, 1.82) is 0 Å². The zero-order valence-corrected chi connectivity index (χ0v) is 11.7. The number of aromatic nitrogens is 1. The molecule has 3 amide bonds. The van der Waals surface area contributed by atoms with E-state index < -0.39 is 5.41 Å². The van der Waals surface area contributed by atoms with Gasteiger partial charge in [0.15, 0.2) is 0 Å². The van der Waals surface area contributed by atoms with E-state index >= 15 is 0 Å². The van der Waals surface area contributed by atoms with E-state index in [-0.39, 0.29) is 30.7 Å². The van der Waals surface area contributed by atoms with Gasteiger partial charge >= 0.3 is 0 Å². The van der Waals surface area contributed by atoms with Gasteiger partial charge in [0.25, 0.3) is 5.91 Å². The number of hydrogen-bond donors (Lipinski definition) is 1. The quantitative estimate of drug-likeness (QED) is 0.770. The first-order valence-electron chi connectivity index (χ1n) is 6.37. The number of carbonyl (C=O) groups excluding carboxylic acids is 3. The SMILES string of the molecule is Cn1cc(Cl)cc1C(=O)N1CCC2(CC(=O)NC2=O)C1. The highest BCUT2D eigenvalue weighted by molar-refractivity contribution is 6.31. The highest BCUT2D eigenvalue weighted by Crippen LogP contribution is 2.38. The lowest BCUT2D eigenvalue weighted by molar-refractivity contribution is -0.128. The molecule has 0 bridgehead atoms. The highest BCUT2D eigenvalue weighted by Gasteiger charge is 2.51. The summed E-state index contributed by atoms with van der Waals surface area (Å²) in [5.74, 6) is -0.683. The molecule has 6 nitrogen and oxygen atoms in total. The molecule has 1 unspecified atom stereocenters. The third kappa shape index (κ3) is 1.91. The number of nitrogens with one attached hydrogen (secondary N) is 1. The predicted octanol–water partition coefficient (Wildman–Crippen LogP) is 0.557. The molecule has 2 fully saturated rings. The van der Waals surface area contributed by atoms with Crippen molar-refractivity contribution in [2.45, 2.75) is 12.8 Å². The number of hydrogen-bond acceptors (Lipinski definition) is 3. The number of carbonyl (C=O) groups is 3. The summed E-state index contributed by atoms with van der Waals surface area (Å²) in [4.78, 5) is 37.3. The van der Waals surface area contributed by atoms with Crippen molar-refractivity contribution in [2.75, 3.05) is 13.1 Å². The summed E-state index contributed by atoms with van der Waals surface area (Å²) in [6.45, 7) is 0.758. The molecule has 1 atom stereocenters. The molecule has 2 saturated heterocycles. The monoisotopic (exact) mass is 295 g/mol. The van der Waals surface area contributed by atoms with Crippen molar-refractivity contribution in [3.8, 4) is 0 Å². The third-order valence-electron chi connectivity index (χ3n) is 4.07. The van der Waals surface area contributed by atoms with Crippen LogP contribution in [0.1, 0.15) is 23.3 Å². The van der Waals surface area contributed by atoms with Crippen LogP contribution in [0, 0.1) is 5.41 Å². The van der Waals surface area contributed by atoms with E-state index in [0.29, 0.717) is 23.7 Å². The van der Waals surface area contributed by atoms with Crippen molar-refractivity contribution in [3.05, 3.63) is 23.0 Å². The average molecular weight is 296 g/mol. The Balaban J connectivity index is 1.81. The van der Waals surface area contributed by atoms with Crippen LogP contribution in [0.4, 0.5) is 0 Å². The zero-order valence-electron chi connectivity index (χ0n) is 11.0. The summed E-state index contributed by atoms with van der Waals surface area (Å²) in [5, 5.41) is 2.82. The molecule has 1 aromatic rings. The lowest BCUT2D eigenvalue weighted by Gasteiger charge is -2.20. The summed E-state index contributed by atoms with van der Waals surface area (Å²) in [6.07, 6.45) is 2.35. The number of rotatable bonds is 1. The van der Waals surface area contributed by atoms with E-state index in [9.17, 15) is 14.4 Å². The normalized spacial score (nSPS) is 25.6. The second kappa shape index (κ2) is 4.34. The smallest absolute Gasteiger partial charge is 0.270 e. The fourth-order valence-corrected chi connectivity index (χ4v) is 3.21. The first-order chi connectivity index (χ1) is 9.41. The second-order valence-corrected chi connectivity index (χ2v) is 5.90. The Hall–Kier alpha value is -1.82. The Morgan fingerprint density at radius 1 is 1.45 bits per heavy atom. The van der Waals surface area contributed by atoms with Gasteiger partial charge in [0.2, 0.25) is 11.8 Å². The Morgan fingerprint density at radius 2 is 2.20 bits per heavy atom. The maximum absolute atomic E-state index is 12.4. The standard InChI is InChI=1S/C13H14ClN3O3/c1-16-6-8(14)4-9(16)11(19)17-3-2-13(7-17)5-10(18)15-12(13)20/h4,6H,2-3,5,7H2,1H3,(H,15,18,20). The van der Waals surface area contributed by atoms with Gasteiger partial charge in [-0.1, -0.05) is 11.6 Å². The fraction of sp³-hybridized carbons (Fsp3) is 0.462. The fourth-order valence-electron chi connectivity index (χ4n) is 2.97. The molecule has 0 aliphatic carbocycles. The molecule has 7 heteroatoms.